The Balaban J connectivity index is 2.41. The topological polar surface area (TPSA) is 58.6 Å². The van der Waals surface area contributed by atoms with E-state index in [1.807, 2.05) is 6.92 Å². The predicted molar refractivity (Wildman–Crippen MR) is 52.3 cm³/mol. The number of hydrogen-bond acceptors (Lipinski definition) is 4. The average molecular weight is 205 g/mol. The number of thiol groups is 1. The number of carbonyl (C=O) groups is 1. The van der Waals surface area contributed by atoms with E-state index in [1.165, 1.54) is 0 Å². The number of ether oxygens (including phenoxy) is 1. The minimum atomic E-state index is -0.852. The van der Waals surface area contributed by atoms with E-state index in [2.05, 4.69) is 17.9 Å². The molecule has 76 valence electrons. The van der Waals surface area contributed by atoms with Crippen LogP contribution >= 0.6 is 12.6 Å². The molecule has 0 radical (unpaired) electrons. The Hall–Kier alpha value is -0.260. The van der Waals surface area contributed by atoms with Crippen molar-refractivity contribution in [3.63, 3.8) is 0 Å². The molecule has 13 heavy (non-hydrogen) atoms. The number of hydrogen-bond donors (Lipinski definition) is 3. The molecule has 1 saturated heterocycles. The van der Waals surface area contributed by atoms with E-state index in [-0.39, 0.29) is 17.3 Å². The Bertz CT molecular complexity index is 196. The van der Waals surface area contributed by atoms with Crippen LogP contribution in [0.5, 0.6) is 0 Å². The highest BCUT2D eigenvalue weighted by Crippen LogP contribution is 2.26. The fourth-order valence-corrected chi connectivity index (χ4v) is 1.58. The van der Waals surface area contributed by atoms with Crippen molar-refractivity contribution in [3.8, 4) is 0 Å². The van der Waals surface area contributed by atoms with Crippen LogP contribution in [0.3, 0.4) is 0 Å². The summed E-state index contributed by atoms with van der Waals surface area (Å²) in [5.74, 6) is -0.852. The van der Waals surface area contributed by atoms with Gasteiger partial charge in [-0.15, -0.1) is 0 Å². The standard InChI is InChI=1S/C8H15NO3S/c1-8(13)2-3-12-5-6(8)9-4-7(10)11/h6,9,13H,2-5H2,1H3,(H,10,11). The summed E-state index contributed by atoms with van der Waals surface area (Å²) >= 11 is 4.48. The SMILES string of the molecule is CC1(S)CCOCC1NCC(=O)O. The molecule has 2 atom stereocenters. The molecule has 1 rings (SSSR count). The van der Waals surface area contributed by atoms with Gasteiger partial charge >= 0.3 is 5.97 Å². The van der Waals surface area contributed by atoms with Crippen molar-refractivity contribution in [2.45, 2.75) is 24.1 Å². The first-order valence-electron chi connectivity index (χ1n) is 4.27. The maximum Gasteiger partial charge on any atom is 0.317 e. The van der Waals surface area contributed by atoms with Gasteiger partial charge in [-0.25, -0.2) is 0 Å². The van der Waals surface area contributed by atoms with Gasteiger partial charge in [-0.05, 0) is 13.3 Å². The van der Waals surface area contributed by atoms with Crippen LogP contribution in [-0.4, -0.2) is 41.6 Å². The molecular weight excluding hydrogens is 190 g/mol. The predicted octanol–water partition coefficient (Wildman–Crippen LogP) is 0.138. The van der Waals surface area contributed by atoms with Gasteiger partial charge in [0.05, 0.1) is 13.2 Å². The maximum atomic E-state index is 10.3. The normalized spacial score (nSPS) is 34.5. The third-order valence-corrected chi connectivity index (χ3v) is 2.82. The second kappa shape index (κ2) is 4.30. The van der Waals surface area contributed by atoms with Crippen molar-refractivity contribution in [1.29, 1.82) is 0 Å². The van der Waals surface area contributed by atoms with E-state index in [0.29, 0.717) is 13.2 Å². The minimum Gasteiger partial charge on any atom is -0.480 e. The molecule has 1 aliphatic heterocycles. The highest BCUT2D eigenvalue weighted by molar-refractivity contribution is 7.81. The zero-order valence-electron chi connectivity index (χ0n) is 7.62. The number of aliphatic carboxylic acids is 1. The molecule has 1 fully saturated rings. The summed E-state index contributed by atoms with van der Waals surface area (Å²) in [6.45, 7) is 3.20. The smallest absolute Gasteiger partial charge is 0.317 e. The first-order valence-corrected chi connectivity index (χ1v) is 4.72. The van der Waals surface area contributed by atoms with Crippen molar-refractivity contribution in [2.75, 3.05) is 19.8 Å². The third kappa shape index (κ3) is 3.17. The molecule has 2 N–H and O–H groups in total. The lowest BCUT2D eigenvalue weighted by atomic mass is 9.96. The summed E-state index contributed by atoms with van der Waals surface area (Å²) in [5.41, 5.74) is 0. The van der Waals surface area contributed by atoms with Crippen molar-refractivity contribution < 1.29 is 14.6 Å². The van der Waals surface area contributed by atoms with Gasteiger partial charge in [0, 0.05) is 17.4 Å². The zero-order chi connectivity index (χ0) is 9.90. The summed E-state index contributed by atoms with van der Waals surface area (Å²) in [6.07, 6.45) is 0.841. The van der Waals surface area contributed by atoms with Gasteiger partial charge in [0.25, 0.3) is 0 Å². The molecule has 4 nitrogen and oxygen atoms in total. The number of rotatable bonds is 3. The Labute approximate surface area is 83.1 Å². The Morgan fingerprint density at radius 2 is 2.54 bits per heavy atom. The van der Waals surface area contributed by atoms with Gasteiger partial charge in [0.15, 0.2) is 0 Å². The van der Waals surface area contributed by atoms with Gasteiger partial charge in [-0.2, -0.15) is 12.6 Å². The average Bonchev–Trinajstić information content (AvgIpc) is 2.01. The molecule has 0 bridgehead atoms. The molecule has 5 heteroatoms. The Kier molecular flexibility index (Phi) is 3.58. The molecule has 0 aromatic heterocycles. The van der Waals surface area contributed by atoms with Crippen LogP contribution in [0.4, 0.5) is 0 Å². The molecule has 1 aliphatic rings. The number of carboxylic acids is 1. The van der Waals surface area contributed by atoms with E-state index in [1.54, 1.807) is 0 Å². The van der Waals surface area contributed by atoms with Crippen molar-refractivity contribution in [1.82, 2.24) is 5.32 Å². The number of nitrogens with one attached hydrogen (secondary N) is 1. The van der Waals surface area contributed by atoms with Gasteiger partial charge in [-0.3, -0.25) is 4.79 Å². The van der Waals surface area contributed by atoms with Crippen molar-refractivity contribution in [2.24, 2.45) is 0 Å². The molecule has 1 heterocycles. The molecule has 0 spiro atoms. The summed E-state index contributed by atoms with van der Waals surface area (Å²) in [6, 6.07) is 0.0145. The molecule has 0 aromatic rings. The van der Waals surface area contributed by atoms with Gasteiger partial charge in [0.1, 0.15) is 0 Å². The molecule has 2 unspecified atom stereocenters. The van der Waals surface area contributed by atoms with Gasteiger partial charge in [-0.1, -0.05) is 0 Å². The quantitative estimate of drug-likeness (QED) is 0.574. The third-order valence-electron chi connectivity index (χ3n) is 2.29. The highest BCUT2D eigenvalue weighted by Gasteiger charge is 2.33. The second-order valence-corrected chi connectivity index (χ2v) is 4.53. The van der Waals surface area contributed by atoms with Crippen LogP contribution in [0.2, 0.25) is 0 Å². The fourth-order valence-electron chi connectivity index (χ4n) is 1.32. The van der Waals surface area contributed by atoms with E-state index < -0.39 is 5.97 Å². The largest absolute Gasteiger partial charge is 0.480 e. The highest BCUT2D eigenvalue weighted by atomic mass is 32.1. The van der Waals surface area contributed by atoms with E-state index >= 15 is 0 Å². The number of carboxylic acid groups (broad SMARTS) is 1. The molecular formula is C8H15NO3S. The van der Waals surface area contributed by atoms with Crippen LogP contribution < -0.4 is 5.32 Å². The molecule has 0 aromatic carbocycles. The van der Waals surface area contributed by atoms with E-state index in [4.69, 9.17) is 9.84 Å². The zero-order valence-corrected chi connectivity index (χ0v) is 8.51. The maximum absolute atomic E-state index is 10.3. The van der Waals surface area contributed by atoms with Crippen molar-refractivity contribution in [3.05, 3.63) is 0 Å². The summed E-state index contributed by atoms with van der Waals surface area (Å²) in [7, 11) is 0. The lowest BCUT2D eigenvalue weighted by Crippen LogP contribution is -2.53. The molecule has 0 saturated carbocycles. The van der Waals surface area contributed by atoms with Crippen molar-refractivity contribution >= 4 is 18.6 Å². The Morgan fingerprint density at radius 1 is 1.85 bits per heavy atom. The molecule has 0 aliphatic carbocycles. The van der Waals surface area contributed by atoms with Crippen LogP contribution in [0, 0.1) is 0 Å². The van der Waals surface area contributed by atoms with Gasteiger partial charge < -0.3 is 15.2 Å². The monoisotopic (exact) mass is 205 g/mol. The Morgan fingerprint density at radius 3 is 3.08 bits per heavy atom. The second-order valence-electron chi connectivity index (χ2n) is 3.51. The summed E-state index contributed by atoms with van der Waals surface area (Å²) in [5, 5.41) is 11.4. The van der Waals surface area contributed by atoms with Gasteiger partial charge in [0.2, 0.25) is 0 Å². The first kappa shape index (κ1) is 10.8. The first-order chi connectivity index (χ1) is 6.02. The fraction of sp³-hybridized carbons (Fsp3) is 0.875. The minimum absolute atomic E-state index is 0.0145. The van der Waals surface area contributed by atoms with Crippen LogP contribution in [0.25, 0.3) is 0 Å². The van der Waals surface area contributed by atoms with E-state index in [0.717, 1.165) is 6.42 Å². The lowest BCUT2D eigenvalue weighted by Gasteiger charge is -2.37. The van der Waals surface area contributed by atoms with Crippen LogP contribution in [-0.2, 0) is 9.53 Å². The summed E-state index contributed by atoms with van der Waals surface area (Å²) < 4.78 is 5.07. The van der Waals surface area contributed by atoms with E-state index in [9.17, 15) is 4.79 Å². The lowest BCUT2D eigenvalue weighted by molar-refractivity contribution is -0.136. The summed E-state index contributed by atoms with van der Waals surface area (Å²) in [4.78, 5) is 10.3. The van der Waals surface area contributed by atoms with Crippen LogP contribution in [0.1, 0.15) is 13.3 Å². The molecule has 0 amide bonds. The van der Waals surface area contributed by atoms with Crippen LogP contribution in [0.15, 0.2) is 0 Å².